The van der Waals surface area contributed by atoms with E-state index in [-0.39, 0.29) is 30.4 Å². The monoisotopic (exact) mass is 365 g/mol. The SMILES string of the molecule is COc1cc(C(=O)NCC2CNCC2O)ccc1OCC(=O)NC(C)C. The molecule has 0 bridgehead atoms. The average Bonchev–Trinajstić information content (AvgIpc) is 3.02. The molecule has 2 rings (SSSR count). The van der Waals surface area contributed by atoms with Crippen molar-refractivity contribution in [1.82, 2.24) is 16.0 Å². The molecule has 4 N–H and O–H groups in total. The average molecular weight is 365 g/mol. The van der Waals surface area contributed by atoms with Crippen molar-refractivity contribution in [1.29, 1.82) is 0 Å². The number of β-amino-alcohol motifs (C(OH)–C–C–N with tert-alkyl or cyclic N) is 1. The van der Waals surface area contributed by atoms with E-state index in [1.54, 1.807) is 18.2 Å². The molecule has 8 heteroatoms. The number of hydrogen-bond acceptors (Lipinski definition) is 6. The summed E-state index contributed by atoms with van der Waals surface area (Å²) < 4.78 is 10.7. The highest BCUT2D eigenvalue weighted by Crippen LogP contribution is 2.28. The van der Waals surface area contributed by atoms with Crippen molar-refractivity contribution in [3.8, 4) is 11.5 Å². The number of benzene rings is 1. The molecule has 1 aromatic rings. The number of rotatable bonds is 8. The molecular formula is C18H27N3O5. The van der Waals surface area contributed by atoms with Gasteiger partial charge in [-0.15, -0.1) is 0 Å². The molecule has 1 aliphatic rings. The van der Waals surface area contributed by atoms with Gasteiger partial charge in [-0.05, 0) is 32.0 Å². The molecule has 0 aromatic heterocycles. The third-order valence-electron chi connectivity index (χ3n) is 4.06. The van der Waals surface area contributed by atoms with Crippen LogP contribution in [0.3, 0.4) is 0 Å². The summed E-state index contributed by atoms with van der Waals surface area (Å²) in [5.41, 5.74) is 0.418. The number of nitrogens with one attached hydrogen (secondary N) is 3. The Bertz CT molecular complexity index is 635. The summed E-state index contributed by atoms with van der Waals surface area (Å²) in [4.78, 5) is 24.0. The highest BCUT2D eigenvalue weighted by Gasteiger charge is 2.25. The number of aliphatic hydroxyl groups is 1. The van der Waals surface area contributed by atoms with Crippen molar-refractivity contribution in [3.05, 3.63) is 23.8 Å². The molecule has 1 aliphatic heterocycles. The maximum absolute atomic E-state index is 12.3. The van der Waals surface area contributed by atoms with Crippen LogP contribution in [0.1, 0.15) is 24.2 Å². The molecular weight excluding hydrogens is 338 g/mol. The molecule has 1 fully saturated rings. The minimum absolute atomic E-state index is 0.00271. The van der Waals surface area contributed by atoms with Crippen molar-refractivity contribution >= 4 is 11.8 Å². The second-order valence-corrected chi connectivity index (χ2v) is 6.57. The maximum atomic E-state index is 12.3. The summed E-state index contributed by atoms with van der Waals surface area (Å²) in [6, 6.07) is 4.81. The van der Waals surface area contributed by atoms with Crippen LogP contribution in [0.5, 0.6) is 11.5 Å². The van der Waals surface area contributed by atoms with Crippen LogP contribution in [0.2, 0.25) is 0 Å². The molecule has 26 heavy (non-hydrogen) atoms. The fraction of sp³-hybridized carbons (Fsp3) is 0.556. The lowest BCUT2D eigenvalue weighted by Crippen LogP contribution is -2.34. The van der Waals surface area contributed by atoms with Crippen molar-refractivity contribution in [2.24, 2.45) is 5.92 Å². The molecule has 1 aromatic carbocycles. The summed E-state index contributed by atoms with van der Waals surface area (Å²) in [6.45, 7) is 5.22. The largest absolute Gasteiger partial charge is 0.493 e. The van der Waals surface area contributed by atoms with E-state index in [0.717, 1.165) is 0 Å². The van der Waals surface area contributed by atoms with Gasteiger partial charge in [-0.25, -0.2) is 0 Å². The first-order chi connectivity index (χ1) is 12.4. The van der Waals surface area contributed by atoms with Crippen LogP contribution < -0.4 is 25.4 Å². The summed E-state index contributed by atoms with van der Waals surface area (Å²) in [6.07, 6.45) is -0.447. The van der Waals surface area contributed by atoms with Crippen LogP contribution in [0.4, 0.5) is 0 Å². The number of hydrogen-bond donors (Lipinski definition) is 4. The third-order valence-corrected chi connectivity index (χ3v) is 4.06. The van der Waals surface area contributed by atoms with Crippen LogP contribution in [-0.2, 0) is 4.79 Å². The molecule has 0 aliphatic carbocycles. The first kappa shape index (κ1) is 20.0. The Labute approximate surface area is 153 Å². The normalized spacial score (nSPS) is 19.3. The van der Waals surface area contributed by atoms with Gasteiger partial charge in [0.2, 0.25) is 0 Å². The van der Waals surface area contributed by atoms with Crippen molar-refractivity contribution < 1.29 is 24.2 Å². The van der Waals surface area contributed by atoms with Gasteiger partial charge in [0.05, 0.1) is 13.2 Å². The van der Waals surface area contributed by atoms with Gasteiger partial charge in [-0.1, -0.05) is 0 Å². The molecule has 2 amide bonds. The minimum atomic E-state index is -0.447. The summed E-state index contributed by atoms with van der Waals surface area (Å²) in [5, 5.41) is 18.4. The maximum Gasteiger partial charge on any atom is 0.258 e. The molecule has 144 valence electrons. The molecule has 1 saturated heterocycles. The van der Waals surface area contributed by atoms with Crippen molar-refractivity contribution in [2.45, 2.75) is 26.0 Å². The number of carbonyl (C=O) groups is 2. The van der Waals surface area contributed by atoms with E-state index in [1.807, 2.05) is 13.8 Å². The first-order valence-electron chi connectivity index (χ1n) is 8.68. The fourth-order valence-corrected chi connectivity index (χ4v) is 2.69. The zero-order valence-corrected chi connectivity index (χ0v) is 15.4. The standard InChI is InChI=1S/C18H27N3O5/c1-11(2)21-17(23)10-26-15-5-4-12(6-16(15)25-3)18(24)20-8-13-7-19-9-14(13)22/h4-6,11,13-14,19,22H,7-10H2,1-3H3,(H,20,24)(H,21,23). The number of aliphatic hydroxyl groups excluding tert-OH is 1. The van der Waals surface area contributed by atoms with Crippen LogP contribution in [-0.4, -0.2) is 62.4 Å². The van der Waals surface area contributed by atoms with Crippen LogP contribution >= 0.6 is 0 Å². The quantitative estimate of drug-likeness (QED) is 0.513. The second kappa shape index (κ2) is 9.40. The van der Waals surface area contributed by atoms with E-state index in [4.69, 9.17) is 9.47 Å². The Morgan fingerprint density at radius 3 is 2.69 bits per heavy atom. The second-order valence-electron chi connectivity index (χ2n) is 6.57. The van der Waals surface area contributed by atoms with Gasteiger partial charge >= 0.3 is 0 Å². The highest BCUT2D eigenvalue weighted by molar-refractivity contribution is 5.94. The Balaban J connectivity index is 1.93. The zero-order chi connectivity index (χ0) is 19.1. The van der Waals surface area contributed by atoms with Crippen molar-refractivity contribution in [3.63, 3.8) is 0 Å². The number of ether oxygens (including phenoxy) is 2. The van der Waals surface area contributed by atoms with Gasteiger partial charge in [0.25, 0.3) is 11.8 Å². The zero-order valence-electron chi connectivity index (χ0n) is 15.4. The van der Waals surface area contributed by atoms with E-state index >= 15 is 0 Å². The topological polar surface area (TPSA) is 109 Å². The molecule has 1 heterocycles. The molecule has 0 saturated carbocycles. The molecule has 0 radical (unpaired) electrons. The van der Waals surface area contributed by atoms with Crippen LogP contribution in [0, 0.1) is 5.92 Å². The lowest BCUT2D eigenvalue weighted by atomic mass is 10.1. The number of amides is 2. The Hall–Kier alpha value is -2.32. The molecule has 2 atom stereocenters. The van der Waals surface area contributed by atoms with Crippen LogP contribution in [0.15, 0.2) is 18.2 Å². The predicted octanol–water partition coefficient (Wildman–Crippen LogP) is -0.0913. The first-order valence-corrected chi connectivity index (χ1v) is 8.68. The number of methoxy groups -OCH3 is 1. The van der Waals surface area contributed by atoms with E-state index in [0.29, 0.717) is 36.7 Å². The minimum Gasteiger partial charge on any atom is -0.493 e. The van der Waals surface area contributed by atoms with E-state index in [1.165, 1.54) is 7.11 Å². The van der Waals surface area contributed by atoms with Gasteiger partial charge in [0, 0.05) is 37.2 Å². The molecule has 0 spiro atoms. The van der Waals surface area contributed by atoms with Gasteiger partial charge in [0.1, 0.15) is 0 Å². The van der Waals surface area contributed by atoms with Crippen LogP contribution in [0.25, 0.3) is 0 Å². The van der Waals surface area contributed by atoms with Gasteiger partial charge < -0.3 is 30.5 Å². The van der Waals surface area contributed by atoms with Gasteiger partial charge in [-0.2, -0.15) is 0 Å². The molecule has 2 unspecified atom stereocenters. The lowest BCUT2D eigenvalue weighted by molar-refractivity contribution is -0.123. The Kier molecular flexibility index (Phi) is 7.23. The van der Waals surface area contributed by atoms with E-state index < -0.39 is 6.10 Å². The summed E-state index contributed by atoms with van der Waals surface area (Å²) >= 11 is 0. The number of carbonyl (C=O) groups excluding carboxylic acids is 2. The fourth-order valence-electron chi connectivity index (χ4n) is 2.69. The lowest BCUT2D eigenvalue weighted by Gasteiger charge is -2.15. The summed E-state index contributed by atoms with van der Waals surface area (Å²) in [5.74, 6) is 0.276. The van der Waals surface area contributed by atoms with Crippen molar-refractivity contribution in [2.75, 3.05) is 33.4 Å². The van der Waals surface area contributed by atoms with E-state index in [9.17, 15) is 14.7 Å². The Morgan fingerprint density at radius 1 is 1.31 bits per heavy atom. The summed E-state index contributed by atoms with van der Waals surface area (Å²) in [7, 11) is 1.47. The van der Waals surface area contributed by atoms with Gasteiger partial charge in [-0.3, -0.25) is 9.59 Å². The smallest absolute Gasteiger partial charge is 0.258 e. The third kappa shape index (κ3) is 5.60. The van der Waals surface area contributed by atoms with E-state index in [2.05, 4.69) is 16.0 Å². The Morgan fingerprint density at radius 2 is 2.08 bits per heavy atom. The highest BCUT2D eigenvalue weighted by atomic mass is 16.5. The predicted molar refractivity (Wildman–Crippen MR) is 96.5 cm³/mol. The molecule has 8 nitrogen and oxygen atoms in total. The van der Waals surface area contributed by atoms with Gasteiger partial charge in [0.15, 0.2) is 18.1 Å².